The number of rotatable bonds is 5. The Hall–Kier alpha value is -0.0800. The number of fused-ring (bicyclic) bond motifs is 2. The van der Waals surface area contributed by atoms with Gasteiger partial charge in [0, 0.05) is 12.6 Å². The van der Waals surface area contributed by atoms with Gasteiger partial charge in [0.2, 0.25) is 0 Å². The van der Waals surface area contributed by atoms with Gasteiger partial charge in [-0.1, -0.05) is 6.42 Å². The average molecular weight is 237 g/mol. The van der Waals surface area contributed by atoms with E-state index in [4.69, 9.17) is 4.74 Å². The summed E-state index contributed by atoms with van der Waals surface area (Å²) in [6, 6.07) is 0.759. The Morgan fingerprint density at radius 3 is 2.76 bits per heavy atom. The molecule has 1 N–H and O–H groups in total. The number of nitrogens with one attached hydrogen (secondary N) is 1. The molecule has 0 aromatic carbocycles. The Balaban J connectivity index is 1.49. The normalized spacial score (nSPS) is 42.2. The second-order valence-corrected chi connectivity index (χ2v) is 6.45. The van der Waals surface area contributed by atoms with Crippen LogP contribution in [0.3, 0.4) is 0 Å². The van der Waals surface area contributed by atoms with E-state index in [0.717, 1.165) is 30.4 Å². The molecule has 17 heavy (non-hydrogen) atoms. The SMILES string of the molecule is CNC(CCC1CCCO1)C1CC2CCC1C2. The molecular weight excluding hydrogens is 210 g/mol. The molecule has 1 heterocycles. The molecule has 5 unspecified atom stereocenters. The summed E-state index contributed by atoms with van der Waals surface area (Å²) in [5.41, 5.74) is 0. The second kappa shape index (κ2) is 5.27. The summed E-state index contributed by atoms with van der Waals surface area (Å²) in [7, 11) is 2.16. The fourth-order valence-corrected chi connectivity index (χ4v) is 4.60. The van der Waals surface area contributed by atoms with Crippen molar-refractivity contribution in [2.75, 3.05) is 13.7 Å². The first kappa shape index (κ1) is 12.0. The third-order valence-corrected chi connectivity index (χ3v) is 5.50. The lowest BCUT2D eigenvalue weighted by Crippen LogP contribution is -2.37. The van der Waals surface area contributed by atoms with E-state index in [1.165, 1.54) is 51.4 Å². The van der Waals surface area contributed by atoms with Gasteiger partial charge in [0.05, 0.1) is 6.10 Å². The van der Waals surface area contributed by atoms with Crippen molar-refractivity contribution in [1.29, 1.82) is 0 Å². The van der Waals surface area contributed by atoms with Crippen molar-refractivity contribution in [3.05, 3.63) is 0 Å². The van der Waals surface area contributed by atoms with Crippen LogP contribution in [0.15, 0.2) is 0 Å². The van der Waals surface area contributed by atoms with Crippen molar-refractivity contribution in [3.63, 3.8) is 0 Å². The van der Waals surface area contributed by atoms with Crippen molar-refractivity contribution < 1.29 is 4.74 Å². The molecule has 3 fully saturated rings. The molecule has 0 amide bonds. The molecule has 98 valence electrons. The van der Waals surface area contributed by atoms with Crippen molar-refractivity contribution in [3.8, 4) is 0 Å². The molecule has 2 bridgehead atoms. The smallest absolute Gasteiger partial charge is 0.0576 e. The van der Waals surface area contributed by atoms with Crippen LogP contribution in [0.2, 0.25) is 0 Å². The maximum absolute atomic E-state index is 5.74. The fraction of sp³-hybridized carbons (Fsp3) is 1.00. The molecule has 0 spiro atoms. The zero-order chi connectivity index (χ0) is 11.7. The first-order valence-electron chi connectivity index (χ1n) is 7.65. The average Bonchev–Trinajstić information content (AvgIpc) is 3.07. The molecule has 2 saturated carbocycles. The van der Waals surface area contributed by atoms with E-state index >= 15 is 0 Å². The van der Waals surface area contributed by atoms with Crippen molar-refractivity contribution in [1.82, 2.24) is 5.32 Å². The summed E-state index contributed by atoms with van der Waals surface area (Å²) in [6.07, 6.45) is 11.8. The van der Waals surface area contributed by atoms with Crippen molar-refractivity contribution in [2.45, 2.75) is 63.5 Å². The van der Waals surface area contributed by atoms with Crippen LogP contribution in [-0.4, -0.2) is 25.8 Å². The lowest BCUT2D eigenvalue weighted by Gasteiger charge is -2.31. The van der Waals surface area contributed by atoms with E-state index < -0.39 is 0 Å². The highest BCUT2D eigenvalue weighted by Gasteiger charge is 2.42. The molecule has 1 aliphatic heterocycles. The fourth-order valence-electron chi connectivity index (χ4n) is 4.60. The third-order valence-electron chi connectivity index (χ3n) is 5.50. The van der Waals surface area contributed by atoms with E-state index in [1.54, 1.807) is 0 Å². The minimum absolute atomic E-state index is 0.574. The van der Waals surface area contributed by atoms with Gasteiger partial charge in [0.1, 0.15) is 0 Å². The summed E-state index contributed by atoms with van der Waals surface area (Å²) in [6.45, 7) is 1.00. The summed E-state index contributed by atoms with van der Waals surface area (Å²) >= 11 is 0. The van der Waals surface area contributed by atoms with Gasteiger partial charge in [0.25, 0.3) is 0 Å². The van der Waals surface area contributed by atoms with Gasteiger partial charge in [0.15, 0.2) is 0 Å². The maximum atomic E-state index is 5.74. The van der Waals surface area contributed by atoms with E-state index in [9.17, 15) is 0 Å². The molecule has 1 saturated heterocycles. The summed E-state index contributed by atoms with van der Waals surface area (Å²) < 4.78 is 5.74. The predicted octanol–water partition coefficient (Wildman–Crippen LogP) is 2.97. The van der Waals surface area contributed by atoms with Crippen LogP contribution in [0.25, 0.3) is 0 Å². The molecule has 0 aromatic heterocycles. The number of hydrogen-bond acceptors (Lipinski definition) is 2. The van der Waals surface area contributed by atoms with Gasteiger partial charge >= 0.3 is 0 Å². The topological polar surface area (TPSA) is 21.3 Å². The van der Waals surface area contributed by atoms with Gasteiger partial charge in [-0.2, -0.15) is 0 Å². The molecule has 0 radical (unpaired) electrons. The molecule has 2 nitrogen and oxygen atoms in total. The lowest BCUT2D eigenvalue weighted by atomic mass is 9.81. The summed E-state index contributed by atoms with van der Waals surface area (Å²) in [4.78, 5) is 0. The summed E-state index contributed by atoms with van der Waals surface area (Å²) in [5.74, 6) is 3.09. The molecule has 3 aliphatic rings. The first-order valence-corrected chi connectivity index (χ1v) is 7.65. The molecule has 2 aliphatic carbocycles. The molecule has 2 heteroatoms. The van der Waals surface area contributed by atoms with E-state index in [0.29, 0.717) is 6.10 Å². The van der Waals surface area contributed by atoms with Crippen LogP contribution in [0.1, 0.15) is 51.4 Å². The van der Waals surface area contributed by atoms with E-state index in [2.05, 4.69) is 12.4 Å². The summed E-state index contributed by atoms with van der Waals surface area (Å²) in [5, 5.41) is 3.60. The van der Waals surface area contributed by atoms with Crippen LogP contribution in [0.5, 0.6) is 0 Å². The lowest BCUT2D eigenvalue weighted by molar-refractivity contribution is 0.0952. The van der Waals surface area contributed by atoms with Crippen molar-refractivity contribution >= 4 is 0 Å². The van der Waals surface area contributed by atoms with Crippen LogP contribution in [-0.2, 0) is 4.74 Å². The monoisotopic (exact) mass is 237 g/mol. The van der Waals surface area contributed by atoms with Crippen LogP contribution < -0.4 is 5.32 Å². The Morgan fingerprint density at radius 2 is 2.18 bits per heavy atom. The Bertz CT molecular complexity index is 249. The van der Waals surface area contributed by atoms with Gasteiger partial charge in [-0.05, 0) is 69.7 Å². The Labute approximate surface area is 105 Å². The van der Waals surface area contributed by atoms with Crippen molar-refractivity contribution in [2.24, 2.45) is 17.8 Å². The first-order chi connectivity index (χ1) is 8.36. The minimum Gasteiger partial charge on any atom is -0.378 e. The standard InChI is InChI=1S/C15H27NO/c1-16-15(7-6-13-3-2-8-17-13)14-10-11-4-5-12(14)9-11/h11-16H,2-10H2,1H3. The Morgan fingerprint density at radius 1 is 1.24 bits per heavy atom. The van der Waals surface area contributed by atoms with Gasteiger partial charge < -0.3 is 10.1 Å². The number of ether oxygens (including phenoxy) is 1. The largest absolute Gasteiger partial charge is 0.378 e. The zero-order valence-electron chi connectivity index (χ0n) is 11.2. The zero-order valence-corrected chi connectivity index (χ0v) is 11.2. The minimum atomic E-state index is 0.574. The third kappa shape index (κ3) is 2.53. The van der Waals surface area contributed by atoms with Crippen LogP contribution >= 0.6 is 0 Å². The highest BCUT2D eigenvalue weighted by molar-refractivity contribution is 4.95. The van der Waals surface area contributed by atoms with Gasteiger partial charge in [-0.25, -0.2) is 0 Å². The second-order valence-electron chi connectivity index (χ2n) is 6.45. The van der Waals surface area contributed by atoms with Gasteiger partial charge in [-0.15, -0.1) is 0 Å². The maximum Gasteiger partial charge on any atom is 0.0576 e. The molecule has 5 atom stereocenters. The molecular formula is C15H27NO. The van der Waals surface area contributed by atoms with Crippen LogP contribution in [0, 0.1) is 17.8 Å². The highest BCUT2D eigenvalue weighted by atomic mass is 16.5. The molecule has 3 rings (SSSR count). The van der Waals surface area contributed by atoms with E-state index in [-0.39, 0.29) is 0 Å². The highest BCUT2D eigenvalue weighted by Crippen LogP contribution is 2.50. The van der Waals surface area contributed by atoms with E-state index in [1.807, 2.05) is 0 Å². The molecule has 0 aromatic rings. The predicted molar refractivity (Wildman–Crippen MR) is 70.0 cm³/mol. The van der Waals surface area contributed by atoms with Gasteiger partial charge in [-0.3, -0.25) is 0 Å². The van der Waals surface area contributed by atoms with Crippen LogP contribution in [0.4, 0.5) is 0 Å². The number of hydrogen-bond donors (Lipinski definition) is 1. The Kier molecular flexibility index (Phi) is 3.72. The quantitative estimate of drug-likeness (QED) is 0.793.